The van der Waals surface area contributed by atoms with Crippen molar-refractivity contribution < 1.29 is 14.7 Å². The fourth-order valence-corrected chi connectivity index (χ4v) is 2.54. The summed E-state index contributed by atoms with van der Waals surface area (Å²) in [6.07, 6.45) is 0.644. The van der Waals surface area contributed by atoms with Gasteiger partial charge in [0.1, 0.15) is 4.88 Å². The summed E-state index contributed by atoms with van der Waals surface area (Å²) in [7, 11) is 0. The smallest absolute Gasteiger partial charge is 0.313 e. The fraction of sp³-hybridized carbons (Fsp3) is 0.333. The lowest BCUT2D eigenvalue weighted by molar-refractivity contribution is -0.142. The number of aryl methyl sites for hydroxylation is 1. The van der Waals surface area contributed by atoms with E-state index in [4.69, 9.17) is 0 Å². The monoisotopic (exact) mass is 319 g/mol. The molecule has 6 nitrogen and oxygen atoms in total. The van der Waals surface area contributed by atoms with Crippen molar-refractivity contribution in [3.63, 3.8) is 0 Å². The molecule has 0 fully saturated rings. The minimum atomic E-state index is -0.973. The number of rotatable bonds is 5. The van der Waals surface area contributed by atoms with E-state index in [2.05, 4.69) is 14.9 Å². The molecule has 0 radical (unpaired) electrons. The van der Waals surface area contributed by atoms with Gasteiger partial charge in [0.15, 0.2) is 0 Å². The Kier molecular flexibility index (Phi) is 4.56. The van der Waals surface area contributed by atoms with Crippen LogP contribution in [0.25, 0.3) is 0 Å². The summed E-state index contributed by atoms with van der Waals surface area (Å²) in [5.41, 5.74) is 0.975. The third-order valence-electron chi connectivity index (χ3n) is 3.50. The molecular formula is C15H17N3O3S. The second kappa shape index (κ2) is 6.23. The van der Waals surface area contributed by atoms with Crippen LogP contribution in [-0.4, -0.2) is 26.6 Å². The first-order valence-corrected chi connectivity index (χ1v) is 7.60. The number of carboxylic acid groups (broad SMARTS) is 1. The number of anilines is 1. The molecule has 1 aromatic carbocycles. The molecule has 1 aromatic heterocycles. The van der Waals surface area contributed by atoms with Gasteiger partial charge in [-0.3, -0.25) is 9.59 Å². The van der Waals surface area contributed by atoms with Crippen molar-refractivity contribution in [2.24, 2.45) is 0 Å². The maximum absolute atomic E-state index is 12.2. The average molecular weight is 319 g/mol. The highest BCUT2D eigenvalue weighted by Crippen LogP contribution is 2.25. The minimum absolute atomic E-state index is 0.253. The second-order valence-electron chi connectivity index (χ2n) is 5.36. The SMILES string of the molecule is CCc1nnsc1C(=O)Nc1ccc(C(C)(C)C(=O)O)cc1. The van der Waals surface area contributed by atoms with Gasteiger partial charge in [-0.25, -0.2) is 0 Å². The lowest BCUT2D eigenvalue weighted by atomic mass is 9.85. The first-order chi connectivity index (χ1) is 10.4. The maximum atomic E-state index is 12.2. The van der Waals surface area contributed by atoms with E-state index in [0.29, 0.717) is 28.2 Å². The molecule has 1 amide bonds. The zero-order valence-electron chi connectivity index (χ0n) is 12.6. The number of carbonyl (C=O) groups excluding carboxylic acids is 1. The molecule has 2 N–H and O–H groups in total. The number of benzene rings is 1. The van der Waals surface area contributed by atoms with Gasteiger partial charge < -0.3 is 10.4 Å². The van der Waals surface area contributed by atoms with Gasteiger partial charge in [-0.2, -0.15) is 0 Å². The van der Waals surface area contributed by atoms with Crippen molar-refractivity contribution in [3.8, 4) is 0 Å². The van der Waals surface area contributed by atoms with Crippen LogP contribution in [0.5, 0.6) is 0 Å². The molecule has 0 atom stereocenters. The first kappa shape index (κ1) is 16.1. The predicted octanol–water partition coefficient (Wildman–Crippen LogP) is 2.72. The van der Waals surface area contributed by atoms with E-state index < -0.39 is 11.4 Å². The lowest BCUT2D eigenvalue weighted by Gasteiger charge is -2.19. The van der Waals surface area contributed by atoms with Gasteiger partial charge in [0.05, 0.1) is 11.1 Å². The van der Waals surface area contributed by atoms with Crippen molar-refractivity contribution in [1.82, 2.24) is 9.59 Å². The number of aliphatic carboxylic acids is 1. The van der Waals surface area contributed by atoms with Gasteiger partial charge in [-0.1, -0.05) is 23.5 Å². The summed E-state index contributed by atoms with van der Waals surface area (Å²) < 4.78 is 3.79. The van der Waals surface area contributed by atoms with Crippen LogP contribution in [-0.2, 0) is 16.6 Å². The zero-order chi connectivity index (χ0) is 16.3. The molecule has 116 valence electrons. The van der Waals surface area contributed by atoms with Gasteiger partial charge in [0.25, 0.3) is 5.91 Å². The molecule has 0 unspecified atom stereocenters. The quantitative estimate of drug-likeness (QED) is 0.884. The number of carbonyl (C=O) groups is 2. The van der Waals surface area contributed by atoms with Crippen LogP contribution in [0.1, 0.15) is 41.7 Å². The van der Waals surface area contributed by atoms with E-state index in [1.807, 2.05) is 6.92 Å². The Morgan fingerprint density at radius 3 is 2.45 bits per heavy atom. The molecule has 22 heavy (non-hydrogen) atoms. The molecule has 2 aromatic rings. The van der Waals surface area contributed by atoms with E-state index in [0.717, 1.165) is 11.5 Å². The number of carboxylic acids is 1. The number of nitrogens with one attached hydrogen (secondary N) is 1. The van der Waals surface area contributed by atoms with Crippen molar-refractivity contribution in [1.29, 1.82) is 0 Å². The number of aromatic nitrogens is 2. The van der Waals surface area contributed by atoms with Crippen LogP contribution in [0.4, 0.5) is 5.69 Å². The molecule has 7 heteroatoms. The summed E-state index contributed by atoms with van der Waals surface area (Å²) in [6, 6.07) is 6.79. The normalized spacial score (nSPS) is 11.2. The Labute approximate surface area is 132 Å². The predicted molar refractivity (Wildman–Crippen MR) is 84.3 cm³/mol. The Bertz CT molecular complexity index is 692. The molecular weight excluding hydrogens is 302 g/mol. The van der Waals surface area contributed by atoms with Gasteiger partial charge in [-0.05, 0) is 49.5 Å². The van der Waals surface area contributed by atoms with Crippen molar-refractivity contribution in [3.05, 3.63) is 40.4 Å². The topological polar surface area (TPSA) is 92.2 Å². The second-order valence-corrected chi connectivity index (χ2v) is 6.12. The van der Waals surface area contributed by atoms with E-state index in [-0.39, 0.29) is 5.91 Å². The molecule has 1 heterocycles. The van der Waals surface area contributed by atoms with Crippen LogP contribution >= 0.6 is 11.5 Å². The Morgan fingerprint density at radius 1 is 1.27 bits per heavy atom. The number of hydrogen-bond acceptors (Lipinski definition) is 5. The molecule has 0 aliphatic rings. The Hall–Kier alpha value is -2.28. The largest absolute Gasteiger partial charge is 0.481 e. The first-order valence-electron chi connectivity index (χ1n) is 6.82. The highest BCUT2D eigenvalue weighted by molar-refractivity contribution is 7.08. The molecule has 0 saturated carbocycles. The summed E-state index contributed by atoms with van der Waals surface area (Å²) in [5.74, 6) is -1.15. The molecule has 0 spiro atoms. The summed E-state index contributed by atoms with van der Waals surface area (Å²) in [5, 5.41) is 15.9. The highest BCUT2D eigenvalue weighted by Gasteiger charge is 2.29. The average Bonchev–Trinajstić information content (AvgIpc) is 2.96. The van der Waals surface area contributed by atoms with Crippen LogP contribution in [0, 0.1) is 0 Å². The minimum Gasteiger partial charge on any atom is -0.481 e. The summed E-state index contributed by atoms with van der Waals surface area (Å²) in [4.78, 5) is 23.9. The maximum Gasteiger partial charge on any atom is 0.313 e. The summed E-state index contributed by atoms with van der Waals surface area (Å²) in [6.45, 7) is 5.19. The van der Waals surface area contributed by atoms with Crippen LogP contribution in [0.15, 0.2) is 24.3 Å². The third kappa shape index (κ3) is 3.14. The van der Waals surface area contributed by atoms with Gasteiger partial charge in [0, 0.05) is 5.69 Å². The highest BCUT2D eigenvalue weighted by atomic mass is 32.1. The van der Waals surface area contributed by atoms with E-state index >= 15 is 0 Å². The number of hydrogen-bond donors (Lipinski definition) is 2. The molecule has 0 bridgehead atoms. The third-order valence-corrected chi connectivity index (χ3v) is 4.26. The van der Waals surface area contributed by atoms with Crippen molar-refractivity contribution in [2.45, 2.75) is 32.6 Å². The molecule has 2 rings (SSSR count). The zero-order valence-corrected chi connectivity index (χ0v) is 13.4. The van der Waals surface area contributed by atoms with Crippen LogP contribution in [0.2, 0.25) is 0 Å². The van der Waals surface area contributed by atoms with Crippen molar-refractivity contribution in [2.75, 3.05) is 5.32 Å². The van der Waals surface area contributed by atoms with Gasteiger partial charge in [-0.15, -0.1) is 5.10 Å². The summed E-state index contributed by atoms with van der Waals surface area (Å²) >= 11 is 1.06. The standard InChI is InChI=1S/C15H17N3O3S/c1-4-11-12(22-18-17-11)13(19)16-10-7-5-9(6-8-10)15(2,3)14(20)21/h5-8H,4H2,1-3H3,(H,16,19)(H,20,21). The van der Waals surface area contributed by atoms with Gasteiger partial charge in [0.2, 0.25) is 0 Å². The van der Waals surface area contributed by atoms with E-state index in [9.17, 15) is 14.7 Å². The Morgan fingerprint density at radius 2 is 1.91 bits per heavy atom. The lowest BCUT2D eigenvalue weighted by Crippen LogP contribution is -2.28. The number of nitrogens with zero attached hydrogens (tertiary/aromatic N) is 2. The Balaban J connectivity index is 2.15. The van der Waals surface area contributed by atoms with E-state index in [1.165, 1.54) is 0 Å². The van der Waals surface area contributed by atoms with E-state index in [1.54, 1.807) is 38.1 Å². The van der Waals surface area contributed by atoms with Crippen molar-refractivity contribution >= 4 is 29.1 Å². The molecule has 0 saturated heterocycles. The van der Waals surface area contributed by atoms with Crippen LogP contribution < -0.4 is 5.32 Å². The molecule has 0 aliphatic carbocycles. The number of amides is 1. The van der Waals surface area contributed by atoms with Gasteiger partial charge >= 0.3 is 5.97 Å². The fourth-order valence-electron chi connectivity index (χ4n) is 1.89. The molecule has 0 aliphatic heterocycles. The van der Waals surface area contributed by atoms with Crippen LogP contribution in [0.3, 0.4) is 0 Å².